The van der Waals surface area contributed by atoms with Crippen molar-refractivity contribution in [1.29, 1.82) is 0 Å². The smallest absolute Gasteiger partial charge is 0.261 e. The molecule has 1 aliphatic carbocycles. The van der Waals surface area contributed by atoms with Crippen LogP contribution in [0.5, 0.6) is 0 Å². The SMILES string of the molecule is Cc1ccnc(-c2noc(-c3c(N)sc4c3CCC4)n2)c1. The summed E-state index contributed by atoms with van der Waals surface area (Å²) in [5, 5.41) is 4.82. The van der Waals surface area contributed by atoms with Crippen molar-refractivity contribution < 1.29 is 4.52 Å². The second-order valence-electron chi connectivity index (χ2n) is 5.24. The van der Waals surface area contributed by atoms with E-state index in [1.807, 2.05) is 19.1 Å². The Hall–Kier alpha value is -2.21. The van der Waals surface area contributed by atoms with E-state index < -0.39 is 0 Å². The number of nitrogens with zero attached hydrogens (tertiary/aromatic N) is 3. The lowest BCUT2D eigenvalue weighted by molar-refractivity contribution is 0.432. The molecule has 106 valence electrons. The van der Waals surface area contributed by atoms with Gasteiger partial charge < -0.3 is 10.3 Å². The number of anilines is 1. The minimum absolute atomic E-state index is 0.505. The van der Waals surface area contributed by atoms with E-state index in [9.17, 15) is 0 Å². The molecular formula is C15H14N4OS. The number of aryl methyl sites for hydroxylation is 2. The molecule has 2 N–H and O–H groups in total. The van der Waals surface area contributed by atoms with E-state index in [-0.39, 0.29) is 0 Å². The first-order chi connectivity index (χ1) is 10.2. The van der Waals surface area contributed by atoms with Crippen LogP contribution in [0.15, 0.2) is 22.9 Å². The van der Waals surface area contributed by atoms with Gasteiger partial charge in [0.25, 0.3) is 5.89 Å². The van der Waals surface area contributed by atoms with Gasteiger partial charge in [0.1, 0.15) is 5.69 Å². The quantitative estimate of drug-likeness (QED) is 0.785. The van der Waals surface area contributed by atoms with E-state index in [2.05, 4.69) is 15.1 Å². The fraction of sp³-hybridized carbons (Fsp3) is 0.267. The molecule has 0 aromatic carbocycles. The molecule has 0 fully saturated rings. The molecule has 4 rings (SSSR count). The van der Waals surface area contributed by atoms with Crippen LogP contribution >= 0.6 is 11.3 Å². The Balaban J connectivity index is 1.79. The van der Waals surface area contributed by atoms with Gasteiger partial charge in [-0.1, -0.05) is 5.16 Å². The number of hydrogen-bond acceptors (Lipinski definition) is 6. The highest BCUT2D eigenvalue weighted by Gasteiger charge is 2.25. The van der Waals surface area contributed by atoms with E-state index in [4.69, 9.17) is 10.3 Å². The third-order valence-corrected chi connectivity index (χ3v) is 4.85. The molecule has 6 heteroatoms. The van der Waals surface area contributed by atoms with Crippen LogP contribution in [0.25, 0.3) is 23.0 Å². The van der Waals surface area contributed by atoms with Crippen LogP contribution in [0.4, 0.5) is 5.00 Å². The minimum Gasteiger partial charge on any atom is -0.390 e. The molecule has 5 nitrogen and oxygen atoms in total. The summed E-state index contributed by atoms with van der Waals surface area (Å²) in [5.41, 5.74) is 10.2. The van der Waals surface area contributed by atoms with E-state index in [1.165, 1.54) is 16.9 Å². The molecule has 0 bridgehead atoms. The van der Waals surface area contributed by atoms with E-state index in [0.29, 0.717) is 11.7 Å². The lowest BCUT2D eigenvalue weighted by atomic mass is 10.1. The number of nitrogen functional groups attached to an aromatic ring is 1. The summed E-state index contributed by atoms with van der Waals surface area (Å²) >= 11 is 1.64. The molecule has 0 atom stereocenters. The third kappa shape index (κ3) is 2.03. The summed E-state index contributed by atoms with van der Waals surface area (Å²) in [4.78, 5) is 10.1. The number of thiophene rings is 1. The highest BCUT2D eigenvalue weighted by atomic mass is 32.1. The first-order valence-corrected chi connectivity index (χ1v) is 7.71. The van der Waals surface area contributed by atoms with Crippen LogP contribution in [0, 0.1) is 6.92 Å². The molecule has 3 aromatic rings. The van der Waals surface area contributed by atoms with Crippen molar-refractivity contribution in [2.75, 3.05) is 5.73 Å². The predicted octanol–water partition coefficient (Wildman–Crippen LogP) is 3.24. The minimum atomic E-state index is 0.505. The maximum Gasteiger partial charge on any atom is 0.261 e. The van der Waals surface area contributed by atoms with E-state index in [1.54, 1.807) is 17.5 Å². The van der Waals surface area contributed by atoms with Crippen molar-refractivity contribution >= 4 is 16.3 Å². The van der Waals surface area contributed by atoms with Crippen LogP contribution in [0.1, 0.15) is 22.4 Å². The molecule has 1 aliphatic rings. The van der Waals surface area contributed by atoms with Gasteiger partial charge in [0.15, 0.2) is 0 Å². The van der Waals surface area contributed by atoms with Gasteiger partial charge in [-0.15, -0.1) is 11.3 Å². The summed E-state index contributed by atoms with van der Waals surface area (Å²) in [6.45, 7) is 2.01. The lowest BCUT2D eigenvalue weighted by Crippen LogP contribution is -1.89. The zero-order chi connectivity index (χ0) is 14.4. The Morgan fingerprint density at radius 3 is 3.10 bits per heavy atom. The summed E-state index contributed by atoms with van der Waals surface area (Å²) in [6.07, 6.45) is 5.07. The standard InChI is InChI=1S/C15H14N4OS/c1-8-5-6-17-10(7-8)14-18-15(20-19-14)12-9-3-2-4-11(9)21-13(12)16/h5-7H,2-4,16H2,1H3. The van der Waals surface area contributed by atoms with Gasteiger partial charge in [-0.05, 0) is 49.4 Å². The van der Waals surface area contributed by atoms with Gasteiger partial charge in [-0.2, -0.15) is 4.98 Å². The number of aromatic nitrogens is 3. The second-order valence-corrected chi connectivity index (χ2v) is 6.37. The van der Waals surface area contributed by atoms with Crippen LogP contribution < -0.4 is 5.73 Å². The number of hydrogen-bond donors (Lipinski definition) is 1. The number of pyridine rings is 1. The molecule has 21 heavy (non-hydrogen) atoms. The highest BCUT2D eigenvalue weighted by molar-refractivity contribution is 7.16. The van der Waals surface area contributed by atoms with Crippen molar-refractivity contribution in [3.05, 3.63) is 34.3 Å². The number of fused-ring (bicyclic) bond motifs is 1. The number of rotatable bonds is 2. The molecule has 3 aromatic heterocycles. The Morgan fingerprint density at radius 1 is 1.33 bits per heavy atom. The summed E-state index contributed by atoms with van der Waals surface area (Å²) < 4.78 is 5.43. The largest absolute Gasteiger partial charge is 0.390 e. The van der Waals surface area contributed by atoms with Gasteiger partial charge in [-0.25, -0.2) is 0 Å². The highest BCUT2D eigenvalue weighted by Crippen LogP contribution is 2.42. The van der Waals surface area contributed by atoms with Crippen LogP contribution in [-0.4, -0.2) is 15.1 Å². The monoisotopic (exact) mass is 298 g/mol. The van der Waals surface area contributed by atoms with Gasteiger partial charge >= 0.3 is 0 Å². The molecule has 0 saturated carbocycles. The maximum absolute atomic E-state index is 6.13. The molecule has 0 aliphatic heterocycles. The molecule has 0 amide bonds. The second kappa shape index (κ2) is 4.66. The Bertz CT molecular complexity index is 821. The fourth-order valence-electron chi connectivity index (χ4n) is 2.75. The van der Waals surface area contributed by atoms with E-state index in [0.717, 1.165) is 34.7 Å². The van der Waals surface area contributed by atoms with Crippen molar-refractivity contribution in [2.45, 2.75) is 26.2 Å². The third-order valence-electron chi connectivity index (χ3n) is 3.73. The van der Waals surface area contributed by atoms with Crippen molar-refractivity contribution in [2.24, 2.45) is 0 Å². The maximum atomic E-state index is 6.13. The van der Waals surface area contributed by atoms with Gasteiger partial charge in [-0.3, -0.25) is 4.98 Å². The molecule has 0 saturated heterocycles. The zero-order valence-electron chi connectivity index (χ0n) is 11.6. The van der Waals surface area contributed by atoms with Crippen LogP contribution in [-0.2, 0) is 12.8 Å². The summed E-state index contributed by atoms with van der Waals surface area (Å²) in [5.74, 6) is 1.01. The van der Waals surface area contributed by atoms with E-state index >= 15 is 0 Å². The normalized spacial score (nSPS) is 13.6. The van der Waals surface area contributed by atoms with Gasteiger partial charge in [0.2, 0.25) is 5.82 Å². The fourth-order valence-corrected chi connectivity index (χ4v) is 3.90. The van der Waals surface area contributed by atoms with Crippen molar-refractivity contribution in [1.82, 2.24) is 15.1 Å². The van der Waals surface area contributed by atoms with Gasteiger partial charge in [0, 0.05) is 11.1 Å². The molecule has 0 radical (unpaired) electrons. The molecule has 3 heterocycles. The first kappa shape index (κ1) is 12.5. The van der Waals surface area contributed by atoms with Crippen molar-refractivity contribution in [3.63, 3.8) is 0 Å². The van der Waals surface area contributed by atoms with Gasteiger partial charge in [0.05, 0.1) is 10.6 Å². The summed E-state index contributed by atoms with van der Waals surface area (Å²) in [6, 6.07) is 3.88. The van der Waals surface area contributed by atoms with Crippen LogP contribution in [0.2, 0.25) is 0 Å². The Labute approximate surface area is 125 Å². The summed E-state index contributed by atoms with van der Waals surface area (Å²) in [7, 11) is 0. The lowest BCUT2D eigenvalue weighted by Gasteiger charge is -1.96. The Kier molecular flexibility index (Phi) is 2.78. The number of nitrogens with two attached hydrogens (primary N) is 1. The Morgan fingerprint density at radius 2 is 2.24 bits per heavy atom. The average molecular weight is 298 g/mol. The molecular weight excluding hydrogens is 284 g/mol. The average Bonchev–Trinajstić information content (AvgIpc) is 3.14. The predicted molar refractivity (Wildman–Crippen MR) is 82.0 cm³/mol. The first-order valence-electron chi connectivity index (χ1n) is 6.89. The molecule has 0 spiro atoms. The topological polar surface area (TPSA) is 77.8 Å². The van der Waals surface area contributed by atoms with Crippen LogP contribution in [0.3, 0.4) is 0 Å². The molecule has 0 unspecified atom stereocenters. The zero-order valence-corrected chi connectivity index (χ0v) is 12.4. The van der Waals surface area contributed by atoms with Crippen molar-refractivity contribution in [3.8, 4) is 23.0 Å².